The summed E-state index contributed by atoms with van der Waals surface area (Å²) in [7, 11) is 0. The number of alkyl halides is 3. The van der Waals surface area contributed by atoms with Crippen LogP contribution in [0.3, 0.4) is 0 Å². The van der Waals surface area contributed by atoms with Crippen LogP contribution >= 0.6 is 0 Å². The van der Waals surface area contributed by atoms with Crippen molar-refractivity contribution in [2.75, 3.05) is 6.54 Å². The zero-order valence-corrected chi connectivity index (χ0v) is 7.50. The molecule has 0 bridgehead atoms. The second kappa shape index (κ2) is 6.30. The topological polar surface area (TPSA) is 64.2 Å². The zero-order chi connectivity index (χ0) is 10.3. The number of nitrogens with one attached hydrogen (secondary N) is 2. The van der Waals surface area contributed by atoms with Gasteiger partial charge in [-0.3, -0.25) is 4.21 Å². The fourth-order valence-corrected chi connectivity index (χ4v) is 0.869. The smallest absolute Gasteiger partial charge is 0.389 e. The molecule has 1 unspecified atom stereocenters. The van der Waals surface area contributed by atoms with Crippen molar-refractivity contribution in [3.05, 3.63) is 0 Å². The predicted molar refractivity (Wildman–Crippen MR) is 40.0 cm³/mol. The van der Waals surface area contributed by atoms with Gasteiger partial charge in [0.05, 0.1) is 0 Å². The highest BCUT2D eigenvalue weighted by molar-refractivity contribution is 7.76. The molecular formula is C5H10F3N2O2S-. The third-order valence-electron chi connectivity index (χ3n) is 1.17. The summed E-state index contributed by atoms with van der Waals surface area (Å²) in [6.07, 6.45) is -4.71. The van der Waals surface area contributed by atoms with Gasteiger partial charge in [0.1, 0.15) is 0 Å². The Morgan fingerprint density at radius 3 is 2.38 bits per heavy atom. The van der Waals surface area contributed by atoms with Gasteiger partial charge in [-0.1, -0.05) is 0 Å². The van der Waals surface area contributed by atoms with Gasteiger partial charge in [0.25, 0.3) is 0 Å². The first kappa shape index (κ1) is 12.8. The normalized spacial score (nSPS) is 14.5. The number of hydrogen-bond donors (Lipinski definition) is 2. The van der Waals surface area contributed by atoms with Gasteiger partial charge in [0.15, 0.2) is 0 Å². The van der Waals surface area contributed by atoms with Crippen molar-refractivity contribution in [2.24, 2.45) is 0 Å². The van der Waals surface area contributed by atoms with E-state index < -0.39 is 23.9 Å². The van der Waals surface area contributed by atoms with Crippen LogP contribution in [-0.2, 0) is 11.3 Å². The molecule has 8 heteroatoms. The van der Waals surface area contributed by atoms with Gasteiger partial charge in [0, 0.05) is 24.2 Å². The molecule has 0 aliphatic rings. The highest BCUT2D eigenvalue weighted by Gasteiger charge is 2.25. The number of hydrazine groups is 1. The summed E-state index contributed by atoms with van der Waals surface area (Å²) in [5.41, 5.74) is 2.24. The fraction of sp³-hybridized carbons (Fsp3) is 1.00. The van der Waals surface area contributed by atoms with E-state index in [-0.39, 0.29) is 19.4 Å². The molecule has 0 rings (SSSR count). The molecule has 0 aliphatic carbocycles. The number of hydrogen-bond acceptors (Lipinski definition) is 3. The summed E-state index contributed by atoms with van der Waals surface area (Å²) in [6, 6.07) is 0. The summed E-state index contributed by atoms with van der Waals surface area (Å²) < 4.78 is 54.4. The van der Waals surface area contributed by atoms with Crippen LogP contribution in [0.15, 0.2) is 0 Å². The predicted octanol–water partition coefficient (Wildman–Crippen LogP) is 0.607. The van der Waals surface area contributed by atoms with Crippen LogP contribution in [0.1, 0.15) is 19.3 Å². The van der Waals surface area contributed by atoms with Gasteiger partial charge in [0.2, 0.25) is 0 Å². The van der Waals surface area contributed by atoms with Crippen LogP contribution in [0.2, 0.25) is 0 Å². The minimum absolute atomic E-state index is 0.0102. The van der Waals surface area contributed by atoms with Crippen LogP contribution in [0.25, 0.3) is 0 Å². The van der Waals surface area contributed by atoms with Gasteiger partial charge in [-0.2, -0.15) is 18.0 Å². The molecule has 0 amide bonds. The number of unbranched alkanes of at least 4 members (excludes halogenated alkanes) is 1. The highest BCUT2D eigenvalue weighted by atomic mass is 32.2. The molecule has 2 N–H and O–H groups in total. The minimum Gasteiger partial charge on any atom is -0.759 e. The summed E-state index contributed by atoms with van der Waals surface area (Å²) >= 11 is -2.42. The van der Waals surface area contributed by atoms with Crippen molar-refractivity contribution >= 4 is 11.3 Å². The van der Waals surface area contributed by atoms with E-state index in [4.69, 9.17) is 0 Å². The maximum atomic E-state index is 11.6. The van der Waals surface area contributed by atoms with Gasteiger partial charge < -0.3 is 4.55 Å². The van der Waals surface area contributed by atoms with Crippen molar-refractivity contribution < 1.29 is 21.9 Å². The standard InChI is InChI=1S/C5H11F3N2O2S/c6-5(7,8)3-1-2-4-9-10-13(11)12/h9-10H,1-4H2,(H,11,12)/p-1. The van der Waals surface area contributed by atoms with Crippen LogP contribution in [0.4, 0.5) is 13.2 Å². The second-order valence-corrected chi connectivity index (χ2v) is 3.01. The van der Waals surface area contributed by atoms with Crippen LogP contribution in [0, 0.1) is 0 Å². The summed E-state index contributed by atoms with van der Waals surface area (Å²) in [5.74, 6) is 0. The van der Waals surface area contributed by atoms with E-state index >= 15 is 0 Å². The van der Waals surface area contributed by atoms with Gasteiger partial charge in [-0.15, -0.1) is 0 Å². The molecule has 4 nitrogen and oxygen atoms in total. The molecular weight excluding hydrogens is 209 g/mol. The molecule has 0 aromatic rings. The molecule has 0 spiro atoms. The molecule has 0 fully saturated rings. The Morgan fingerprint density at radius 2 is 1.92 bits per heavy atom. The van der Waals surface area contributed by atoms with Crippen LogP contribution < -0.4 is 10.3 Å². The van der Waals surface area contributed by atoms with Crippen molar-refractivity contribution in [2.45, 2.75) is 25.4 Å². The molecule has 13 heavy (non-hydrogen) atoms. The number of halogens is 3. The third-order valence-corrected chi connectivity index (χ3v) is 1.48. The fourth-order valence-electron chi connectivity index (χ4n) is 0.649. The van der Waals surface area contributed by atoms with E-state index in [1.807, 2.05) is 4.83 Å². The molecule has 0 saturated heterocycles. The minimum atomic E-state index is -4.13. The Balaban J connectivity index is 3.13. The van der Waals surface area contributed by atoms with Crippen molar-refractivity contribution in [3.63, 3.8) is 0 Å². The largest absolute Gasteiger partial charge is 0.759 e. The van der Waals surface area contributed by atoms with E-state index in [2.05, 4.69) is 5.43 Å². The van der Waals surface area contributed by atoms with Gasteiger partial charge >= 0.3 is 6.18 Å². The molecule has 0 radical (unpaired) electrons. The number of rotatable bonds is 6. The van der Waals surface area contributed by atoms with Crippen molar-refractivity contribution in [3.8, 4) is 0 Å². The lowest BCUT2D eigenvalue weighted by atomic mass is 10.2. The van der Waals surface area contributed by atoms with Crippen molar-refractivity contribution in [1.82, 2.24) is 10.3 Å². The van der Waals surface area contributed by atoms with Crippen molar-refractivity contribution in [1.29, 1.82) is 0 Å². The molecule has 0 aromatic carbocycles. The average molecular weight is 219 g/mol. The molecule has 0 saturated carbocycles. The molecule has 80 valence electrons. The molecule has 0 heterocycles. The lowest BCUT2D eigenvalue weighted by molar-refractivity contribution is -0.135. The first-order chi connectivity index (χ1) is 5.92. The summed E-state index contributed by atoms with van der Waals surface area (Å²) in [4.78, 5) is 1.83. The quantitative estimate of drug-likeness (QED) is 0.391. The first-order valence-electron chi connectivity index (χ1n) is 3.56. The lowest BCUT2D eigenvalue weighted by Gasteiger charge is -2.09. The monoisotopic (exact) mass is 219 g/mol. The van der Waals surface area contributed by atoms with Gasteiger partial charge in [-0.05, 0) is 12.8 Å². The van der Waals surface area contributed by atoms with E-state index in [0.29, 0.717) is 0 Å². The van der Waals surface area contributed by atoms with E-state index in [0.717, 1.165) is 0 Å². The van der Waals surface area contributed by atoms with E-state index in [1.165, 1.54) is 0 Å². The Kier molecular flexibility index (Phi) is 6.21. The average Bonchev–Trinajstić information content (AvgIpc) is 1.93. The lowest BCUT2D eigenvalue weighted by Crippen LogP contribution is -2.33. The summed E-state index contributed by atoms with van der Waals surface area (Å²) in [5, 5.41) is 0. The third kappa shape index (κ3) is 11.8. The molecule has 0 aromatic heterocycles. The van der Waals surface area contributed by atoms with Crippen LogP contribution in [0.5, 0.6) is 0 Å². The van der Waals surface area contributed by atoms with E-state index in [9.17, 15) is 21.9 Å². The second-order valence-electron chi connectivity index (χ2n) is 2.34. The maximum absolute atomic E-state index is 11.6. The highest BCUT2D eigenvalue weighted by Crippen LogP contribution is 2.21. The molecule has 1 atom stereocenters. The molecule has 0 aliphatic heterocycles. The summed E-state index contributed by atoms with van der Waals surface area (Å²) in [6.45, 7) is 0.185. The first-order valence-corrected chi connectivity index (χ1v) is 4.64. The van der Waals surface area contributed by atoms with E-state index in [1.54, 1.807) is 0 Å². The van der Waals surface area contributed by atoms with Gasteiger partial charge in [-0.25, -0.2) is 5.43 Å². The Hall–Kier alpha value is -0.180. The Morgan fingerprint density at radius 1 is 1.31 bits per heavy atom. The zero-order valence-electron chi connectivity index (χ0n) is 6.69. The maximum Gasteiger partial charge on any atom is 0.389 e. The Labute approximate surface area is 76.3 Å². The SMILES string of the molecule is O=S([O-])NNCCCCC(F)(F)F. The Bertz CT molecular complexity index is 164. The van der Waals surface area contributed by atoms with Crippen LogP contribution in [-0.4, -0.2) is 21.5 Å².